The summed E-state index contributed by atoms with van der Waals surface area (Å²) in [6.07, 6.45) is 0.949. The van der Waals surface area contributed by atoms with Gasteiger partial charge < -0.3 is 19.7 Å². The minimum atomic E-state index is -0.226. The molecule has 3 aromatic rings. The van der Waals surface area contributed by atoms with E-state index in [-0.39, 0.29) is 24.8 Å². The summed E-state index contributed by atoms with van der Waals surface area (Å²) >= 11 is 1.28. The van der Waals surface area contributed by atoms with Gasteiger partial charge in [0.1, 0.15) is 16.5 Å². The number of rotatable bonds is 11. The molecule has 0 fully saturated rings. The molecule has 3 rings (SSSR count). The van der Waals surface area contributed by atoms with Crippen LogP contribution in [0.1, 0.15) is 19.8 Å². The summed E-state index contributed by atoms with van der Waals surface area (Å²) in [6.45, 7) is 2.78. The van der Waals surface area contributed by atoms with Crippen molar-refractivity contribution < 1.29 is 19.1 Å². The van der Waals surface area contributed by atoms with Crippen LogP contribution in [0.3, 0.4) is 0 Å². The zero-order valence-corrected chi connectivity index (χ0v) is 18.9. The minimum absolute atomic E-state index is 0.0636. The predicted octanol–water partition coefficient (Wildman–Crippen LogP) is 3.86. The van der Waals surface area contributed by atoms with Gasteiger partial charge in [-0.2, -0.15) is 0 Å². The molecule has 0 bridgehead atoms. The van der Waals surface area contributed by atoms with Crippen LogP contribution in [0.2, 0.25) is 0 Å². The summed E-state index contributed by atoms with van der Waals surface area (Å²) < 4.78 is 10.8. The van der Waals surface area contributed by atoms with Gasteiger partial charge in [-0.05, 0) is 30.7 Å². The minimum Gasteiger partial charge on any atom is -0.497 e. The number of anilines is 1. The monoisotopic (exact) mass is 454 g/mol. The lowest BCUT2D eigenvalue weighted by Gasteiger charge is -2.21. The van der Waals surface area contributed by atoms with Crippen molar-refractivity contribution in [1.82, 2.24) is 15.1 Å². The van der Waals surface area contributed by atoms with E-state index in [4.69, 9.17) is 9.47 Å². The van der Waals surface area contributed by atoms with Crippen LogP contribution in [0.4, 0.5) is 5.13 Å². The van der Waals surface area contributed by atoms with Gasteiger partial charge in [0, 0.05) is 25.1 Å². The SMILES string of the molecule is CCCN(CCC(=O)Nc1nnc(-c2cccc(OC)c2)s1)C(=O)COc1ccccc1. The molecule has 0 aliphatic rings. The molecule has 0 atom stereocenters. The van der Waals surface area contributed by atoms with E-state index in [1.165, 1.54) is 11.3 Å². The van der Waals surface area contributed by atoms with Crippen LogP contribution in [0.25, 0.3) is 10.6 Å². The number of benzene rings is 2. The first-order chi connectivity index (χ1) is 15.6. The molecule has 0 unspecified atom stereocenters. The number of hydrogen-bond donors (Lipinski definition) is 1. The van der Waals surface area contributed by atoms with Gasteiger partial charge in [0.05, 0.1) is 7.11 Å². The second kappa shape index (κ2) is 11.8. The summed E-state index contributed by atoms with van der Waals surface area (Å²) in [6, 6.07) is 16.7. The molecule has 2 amide bonds. The van der Waals surface area contributed by atoms with Crippen LogP contribution in [-0.2, 0) is 9.59 Å². The van der Waals surface area contributed by atoms with Crippen LogP contribution in [0, 0.1) is 0 Å². The molecule has 0 aliphatic carbocycles. The largest absolute Gasteiger partial charge is 0.497 e. The van der Waals surface area contributed by atoms with Gasteiger partial charge in [-0.1, -0.05) is 48.6 Å². The summed E-state index contributed by atoms with van der Waals surface area (Å²) in [5.74, 6) is 0.981. The van der Waals surface area contributed by atoms with Crippen molar-refractivity contribution in [3.8, 4) is 22.1 Å². The molecular formula is C23H26N4O4S. The van der Waals surface area contributed by atoms with Crippen molar-refractivity contribution in [2.24, 2.45) is 0 Å². The van der Waals surface area contributed by atoms with Crippen molar-refractivity contribution >= 4 is 28.3 Å². The van der Waals surface area contributed by atoms with E-state index < -0.39 is 0 Å². The molecule has 0 spiro atoms. The van der Waals surface area contributed by atoms with E-state index in [1.54, 1.807) is 24.1 Å². The standard InChI is InChI=1S/C23H26N4O4S/c1-3-13-27(21(29)16-31-18-9-5-4-6-10-18)14-12-20(28)24-23-26-25-22(32-23)17-8-7-11-19(15-17)30-2/h4-11,15H,3,12-14,16H2,1-2H3,(H,24,26,28). The molecule has 0 saturated carbocycles. The highest BCUT2D eigenvalue weighted by Crippen LogP contribution is 2.28. The average molecular weight is 455 g/mol. The Kier molecular flexibility index (Phi) is 8.56. The fraction of sp³-hybridized carbons (Fsp3) is 0.304. The predicted molar refractivity (Wildman–Crippen MR) is 124 cm³/mol. The maximum Gasteiger partial charge on any atom is 0.260 e. The highest BCUT2D eigenvalue weighted by molar-refractivity contribution is 7.18. The molecule has 1 aromatic heterocycles. The number of carbonyl (C=O) groups is 2. The number of ether oxygens (including phenoxy) is 2. The van der Waals surface area contributed by atoms with Crippen LogP contribution in [0.15, 0.2) is 54.6 Å². The lowest BCUT2D eigenvalue weighted by molar-refractivity contribution is -0.133. The molecule has 1 N–H and O–H groups in total. The molecule has 8 nitrogen and oxygen atoms in total. The Morgan fingerprint density at radius 1 is 1.03 bits per heavy atom. The number of amides is 2. The number of nitrogens with one attached hydrogen (secondary N) is 1. The molecule has 1 heterocycles. The van der Waals surface area contributed by atoms with E-state index in [2.05, 4.69) is 15.5 Å². The third kappa shape index (κ3) is 6.78. The second-order valence-corrected chi connectivity index (χ2v) is 7.90. The van der Waals surface area contributed by atoms with Crippen molar-refractivity contribution in [2.75, 3.05) is 32.1 Å². The number of carbonyl (C=O) groups excluding carboxylic acids is 2. The Balaban J connectivity index is 1.50. The van der Waals surface area contributed by atoms with Gasteiger partial charge in [0.2, 0.25) is 11.0 Å². The topological polar surface area (TPSA) is 93.7 Å². The molecule has 0 saturated heterocycles. The van der Waals surface area contributed by atoms with Gasteiger partial charge in [0.15, 0.2) is 6.61 Å². The first-order valence-corrected chi connectivity index (χ1v) is 11.1. The van der Waals surface area contributed by atoms with E-state index in [0.717, 1.165) is 17.7 Å². The molecule has 168 valence electrons. The van der Waals surface area contributed by atoms with Crippen molar-refractivity contribution in [1.29, 1.82) is 0 Å². The molecule has 9 heteroatoms. The highest BCUT2D eigenvalue weighted by atomic mass is 32.1. The molecule has 0 aliphatic heterocycles. The Labute approximate surface area is 191 Å². The highest BCUT2D eigenvalue weighted by Gasteiger charge is 2.16. The van der Waals surface area contributed by atoms with E-state index in [9.17, 15) is 9.59 Å². The summed E-state index contributed by atoms with van der Waals surface area (Å²) in [5, 5.41) is 12.0. The summed E-state index contributed by atoms with van der Waals surface area (Å²) in [5.41, 5.74) is 0.862. The second-order valence-electron chi connectivity index (χ2n) is 6.93. The van der Waals surface area contributed by atoms with Gasteiger partial charge in [-0.25, -0.2) is 0 Å². The molecule has 0 radical (unpaired) electrons. The fourth-order valence-electron chi connectivity index (χ4n) is 2.95. The summed E-state index contributed by atoms with van der Waals surface area (Å²) in [7, 11) is 1.60. The van der Waals surface area contributed by atoms with Crippen LogP contribution in [0.5, 0.6) is 11.5 Å². The van der Waals surface area contributed by atoms with Crippen molar-refractivity contribution in [3.63, 3.8) is 0 Å². The number of aromatic nitrogens is 2. The zero-order chi connectivity index (χ0) is 22.8. The quantitative estimate of drug-likeness (QED) is 0.473. The van der Waals surface area contributed by atoms with Gasteiger partial charge in [-0.15, -0.1) is 10.2 Å². The van der Waals surface area contributed by atoms with Crippen molar-refractivity contribution in [3.05, 3.63) is 54.6 Å². The van der Waals surface area contributed by atoms with Crippen LogP contribution in [-0.4, -0.2) is 53.7 Å². The Bertz CT molecular complexity index is 1030. The van der Waals surface area contributed by atoms with Gasteiger partial charge in [0.25, 0.3) is 5.91 Å². The van der Waals surface area contributed by atoms with E-state index in [1.807, 2.05) is 49.4 Å². The Hall–Kier alpha value is -3.46. The zero-order valence-electron chi connectivity index (χ0n) is 18.1. The lowest BCUT2D eigenvalue weighted by atomic mass is 10.2. The molecule has 2 aromatic carbocycles. The maximum atomic E-state index is 12.5. The lowest BCUT2D eigenvalue weighted by Crippen LogP contribution is -2.37. The van der Waals surface area contributed by atoms with Gasteiger partial charge >= 0.3 is 0 Å². The third-order valence-electron chi connectivity index (χ3n) is 4.55. The van der Waals surface area contributed by atoms with E-state index in [0.29, 0.717) is 29.0 Å². The van der Waals surface area contributed by atoms with E-state index >= 15 is 0 Å². The average Bonchev–Trinajstić information content (AvgIpc) is 3.29. The normalized spacial score (nSPS) is 10.4. The Morgan fingerprint density at radius 2 is 1.81 bits per heavy atom. The maximum absolute atomic E-state index is 12.5. The number of methoxy groups -OCH3 is 1. The van der Waals surface area contributed by atoms with Crippen LogP contribution >= 0.6 is 11.3 Å². The fourth-order valence-corrected chi connectivity index (χ4v) is 3.71. The molecule has 32 heavy (non-hydrogen) atoms. The molecular weight excluding hydrogens is 428 g/mol. The van der Waals surface area contributed by atoms with Crippen LogP contribution < -0.4 is 14.8 Å². The smallest absolute Gasteiger partial charge is 0.260 e. The first kappa shape index (κ1) is 23.2. The number of para-hydroxylation sites is 1. The third-order valence-corrected chi connectivity index (χ3v) is 5.44. The summed E-state index contributed by atoms with van der Waals surface area (Å²) in [4.78, 5) is 26.6. The first-order valence-electron chi connectivity index (χ1n) is 10.3. The number of hydrogen-bond acceptors (Lipinski definition) is 7. The Morgan fingerprint density at radius 3 is 2.56 bits per heavy atom. The van der Waals surface area contributed by atoms with Gasteiger partial charge in [-0.3, -0.25) is 9.59 Å². The van der Waals surface area contributed by atoms with Crippen molar-refractivity contribution in [2.45, 2.75) is 19.8 Å². The number of nitrogens with zero attached hydrogens (tertiary/aromatic N) is 3.